The van der Waals surface area contributed by atoms with Crippen molar-refractivity contribution in [2.75, 3.05) is 39.9 Å². The minimum atomic E-state index is -0.872. The first-order valence-corrected chi connectivity index (χ1v) is 15.4. The van der Waals surface area contributed by atoms with Crippen molar-refractivity contribution in [3.8, 4) is 28.7 Å². The molecule has 0 aliphatic carbocycles. The molecule has 6 atom stereocenters. The largest absolute Gasteiger partial charge is 0.504 e. The van der Waals surface area contributed by atoms with E-state index in [4.69, 9.17) is 23.7 Å². The van der Waals surface area contributed by atoms with Gasteiger partial charge in [-0.3, -0.25) is 19.4 Å². The number of phenolic OH excluding ortho intramolecular Hbond substituents is 1. The van der Waals surface area contributed by atoms with E-state index in [-0.39, 0.29) is 37.0 Å². The second-order valence-electron chi connectivity index (χ2n) is 12.3. The molecule has 8 rings (SSSR count). The molecule has 0 radical (unpaired) electrons. The van der Waals surface area contributed by atoms with Gasteiger partial charge in [0.15, 0.2) is 23.0 Å². The highest BCUT2D eigenvalue weighted by Crippen LogP contribution is 2.65. The summed E-state index contributed by atoms with van der Waals surface area (Å²) < 4.78 is 29.3. The fraction of sp³-hybridized carbons (Fsp3) is 0.516. The summed E-state index contributed by atoms with van der Waals surface area (Å²) in [5.74, 6) is -0.198. The van der Waals surface area contributed by atoms with Crippen LogP contribution in [0.25, 0.3) is 0 Å². The lowest BCUT2D eigenvalue weighted by Crippen LogP contribution is -2.68. The molecule has 2 aromatic carbocycles. The number of ketones is 1. The molecule has 3 unspecified atom stereocenters. The van der Waals surface area contributed by atoms with Crippen LogP contribution in [0, 0.1) is 13.8 Å². The lowest BCUT2D eigenvalue weighted by Gasteiger charge is -2.61. The third kappa shape index (κ3) is 3.92. The number of carbonyl (C=O) groups is 3. The first-order valence-electron chi connectivity index (χ1n) is 14.3. The number of phenols is 1. The van der Waals surface area contributed by atoms with Gasteiger partial charge < -0.3 is 28.8 Å². The van der Waals surface area contributed by atoms with Crippen LogP contribution in [-0.2, 0) is 25.5 Å². The number of aryl methyl sites for hydroxylation is 1. The topological polar surface area (TPSA) is 124 Å². The number of benzene rings is 2. The van der Waals surface area contributed by atoms with Crippen LogP contribution >= 0.6 is 11.8 Å². The predicted octanol–water partition coefficient (Wildman–Crippen LogP) is 3.30. The van der Waals surface area contributed by atoms with E-state index in [9.17, 15) is 19.5 Å². The minimum absolute atomic E-state index is 0.000610. The average molecular weight is 611 g/mol. The lowest BCUT2D eigenvalue weighted by atomic mass is 9.76. The summed E-state index contributed by atoms with van der Waals surface area (Å²) in [5.41, 5.74) is 4.22. The number of esters is 2. The molecular formula is C31H34N2O9S. The zero-order valence-electron chi connectivity index (χ0n) is 24.9. The molecule has 2 saturated heterocycles. The van der Waals surface area contributed by atoms with Crippen LogP contribution in [0.3, 0.4) is 0 Å². The number of nitrogens with zero attached hydrogens (tertiary/aromatic N) is 2. The highest BCUT2D eigenvalue weighted by Gasteiger charge is 2.61. The molecule has 6 heterocycles. The van der Waals surface area contributed by atoms with Crippen molar-refractivity contribution in [1.82, 2.24) is 9.80 Å². The highest BCUT2D eigenvalue weighted by molar-refractivity contribution is 8.00. The molecule has 0 aromatic heterocycles. The molecule has 2 fully saturated rings. The summed E-state index contributed by atoms with van der Waals surface area (Å²) >= 11 is 1.32. The fourth-order valence-corrected chi connectivity index (χ4v) is 9.57. The zero-order valence-corrected chi connectivity index (χ0v) is 25.8. The van der Waals surface area contributed by atoms with Crippen molar-refractivity contribution in [2.45, 2.75) is 63.0 Å². The number of thioether (sulfide) groups is 1. The average Bonchev–Trinajstić information content (AvgIpc) is 3.36. The summed E-state index contributed by atoms with van der Waals surface area (Å²) in [6, 6.07) is 0.864. The molecule has 11 nitrogen and oxygen atoms in total. The third-order valence-electron chi connectivity index (χ3n) is 9.55. The number of methoxy groups -OCH3 is 1. The first-order chi connectivity index (χ1) is 20.5. The van der Waals surface area contributed by atoms with Crippen LogP contribution in [0.15, 0.2) is 6.07 Å². The monoisotopic (exact) mass is 610 g/mol. The molecule has 4 bridgehead atoms. The van der Waals surface area contributed by atoms with Gasteiger partial charge in [-0.2, -0.15) is 0 Å². The number of rotatable bonds is 2. The Morgan fingerprint density at radius 1 is 1.12 bits per heavy atom. The van der Waals surface area contributed by atoms with Crippen LogP contribution < -0.4 is 18.9 Å². The molecule has 1 N–H and O–H groups in total. The van der Waals surface area contributed by atoms with E-state index >= 15 is 0 Å². The summed E-state index contributed by atoms with van der Waals surface area (Å²) in [6.45, 7) is 7.83. The molecular weight excluding hydrogens is 576 g/mol. The van der Waals surface area contributed by atoms with Gasteiger partial charge in [-0.05, 0) is 45.4 Å². The van der Waals surface area contributed by atoms with Crippen LogP contribution in [-0.4, -0.2) is 84.1 Å². The normalized spacial score (nSPS) is 30.6. The Bertz CT molecular complexity index is 1610. The van der Waals surface area contributed by atoms with E-state index in [1.54, 1.807) is 7.11 Å². The number of piperazine rings is 1. The highest BCUT2D eigenvalue weighted by atomic mass is 32.2. The van der Waals surface area contributed by atoms with Gasteiger partial charge >= 0.3 is 11.9 Å². The predicted molar refractivity (Wildman–Crippen MR) is 155 cm³/mol. The maximum Gasteiger partial charge on any atom is 0.375 e. The van der Waals surface area contributed by atoms with Gasteiger partial charge in [0.2, 0.25) is 12.6 Å². The van der Waals surface area contributed by atoms with E-state index in [2.05, 4.69) is 22.8 Å². The van der Waals surface area contributed by atoms with E-state index in [0.29, 0.717) is 41.5 Å². The second-order valence-corrected chi connectivity index (χ2v) is 13.4. The van der Waals surface area contributed by atoms with E-state index in [1.165, 1.54) is 18.7 Å². The Morgan fingerprint density at radius 2 is 1.86 bits per heavy atom. The Morgan fingerprint density at radius 3 is 2.58 bits per heavy atom. The Hall–Kier alpha value is -3.48. The van der Waals surface area contributed by atoms with Gasteiger partial charge in [0, 0.05) is 47.3 Å². The van der Waals surface area contributed by atoms with Crippen LogP contribution in [0.5, 0.6) is 28.7 Å². The molecule has 0 spiro atoms. The van der Waals surface area contributed by atoms with E-state index in [0.717, 1.165) is 27.8 Å². The summed E-state index contributed by atoms with van der Waals surface area (Å²) in [6.07, 6.45) is 0.608. The molecule has 228 valence electrons. The van der Waals surface area contributed by atoms with Crippen molar-refractivity contribution < 1.29 is 43.2 Å². The number of hydrogen-bond donors (Lipinski definition) is 1. The molecule has 6 aliphatic rings. The lowest BCUT2D eigenvalue weighted by molar-refractivity contribution is -0.158. The maximum absolute atomic E-state index is 12.9. The second kappa shape index (κ2) is 9.76. The molecule has 2 aromatic rings. The number of fused-ring (bicyclic) bond motifs is 6. The van der Waals surface area contributed by atoms with Crippen molar-refractivity contribution in [3.63, 3.8) is 0 Å². The minimum Gasteiger partial charge on any atom is -0.504 e. The zero-order chi connectivity index (χ0) is 30.5. The van der Waals surface area contributed by atoms with Gasteiger partial charge in [-0.1, -0.05) is 6.07 Å². The van der Waals surface area contributed by atoms with Gasteiger partial charge in [-0.25, -0.2) is 4.79 Å². The summed E-state index contributed by atoms with van der Waals surface area (Å²) in [5, 5.41) is 11.3. The number of cyclic esters (lactones) is 1. The molecule has 0 saturated carbocycles. The number of ether oxygens (including phenoxy) is 5. The summed E-state index contributed by atoms with van der Waals surface area (Å²) in [7, 11) is 3.59. The van der Waals surface area contributed by atoms with Gasteiger partial charge in [0.1, 0.15) is 12.4 Å². The third-order valence-corrected chi connectivity index (χ3v) is 10.8. The standard InChI is InChI=1S/C31H34N2O9S/c1-13-7-16-8-31(4)11-32(5)22(19(16)24(36)25(13)38-6)23-29-21-20(17(33(23)31)9-39-30(37)18(35)10-43-29)28-27(40-12-41-28)14(2)26(21)42-15(3)34/h7,17,22-23,29,36H,8-12H2,1-6H3/t17-,22-,23?,29+,31?/m0/s1. The van der Waals surface area contributed by atoms with Crippen LogP contribution in [0.2, 0.25) is 0 Å². The van der Waals surface area contributed by atoms with Crippen LogP contribution in [0.1, 0.15) is 64.6 Å². The summed E-state index contributed by atoms with van der Waals surface area (Å²) in [4.78, 5) is 42.9. The maximum atomic E-state index is 12.9. The Kier molecular flexibility index (Phi) is 6.43. The number of aromatic hydroxyl groups is 1. The smallest absolute Gasteiger partial charge is 0.375 e. The van der Waals surface area contributed by atoms with Crippen LogP contribution in [0.4, 0.5) is 0 Å². The number of hydrogen-bond acceptors (Lipinski definition) is 12. The molecule has 6 aliphatic heterocycles. The van der Waals surface area contributed by atoms with E-state index < -0.39 is 34.6 Å². The van der Waals surface area contributed by atoms with Crippen molar-refractivity contribution in [3.05, 3.63) is 39.4 Å². The van der Waals surface area contributed by atoms with Crippen molar-refractivity contribution in [2.24, 2.45) is 0 Å². The Labute approximate surface area is 253 Å². The van der Waals surface area contributed by atoms with Gasteiger partial charge in [0.05, 0.1) is 30.2 Å². The first kappa shape index (κ1) is 28.3. The van der Waals surface area contributed by atoms with Gasteiger partial charge in [-0.15, -0.1) is 11.8 Å². The fourth-order valence-electron chi connectivity index (χ4n) is 8.24. The van der Waals surface area contributed by atoms with Crippen molar-refractivity contribution >= 4 is 29.5 Å². The SMILES string of the molecule is COc1c(C)cc2c(c1O)[C@H]1C3[C@@H]4SCC(=O)C(=O)OC[C@@H](c5c6c(c(C)c(OC(C)=O)c54)OCO6)N3C(C)(C2)CN1C. The quantitative estimate of drug-likeness (QED) is 0.305. The molecule has 43 heavy (non-hydrogen) atoms. The Balaban J connectivity index is 1.57. The van der Waals surface area contributed by atoms with E-state index in [1.807, 2.05) is 20.9 Å². The molecule has 0 amide bonds. The van der Waals surface area contributed by atoms with Crippen molar-refractivity contribution in [1.29, 1.82) is 0 Å². The number of carbonyl (C=O) groups excluding carboxylic acids is 3. The number of likely N-dealkylation sites (N-methyl/N-ethyl adjacent to an activating group) is 1. The number of Topliss-reactive ketones (excluding diaryl/α,β-unsaturated/α-hetero) is 1. The molecule has 12 heteroatoms. The van der Waals surface area contributed by atoms with Gasteiger partial charge in [0.25, 0.3) is 0 Å².